The zero-order valence-electron chi connectivity index (χ0n) is 23.5. The van der Waals surface area contributed by atoms with Crippen molar-refractivity contribution in [1.82, 2.24) is 19.9 Å². The van der Waals surface area contributed by atoms with E-state index in [1.165, 1.54) is 17.1 Å². The Morgan fingerprint density at radius 2 is 1.81 bits per heavy atom. The molecule has 1 aromatic heterocycles. The third-order valence-corrected chi connectivity index (χ3v) is 7.66. The number of amides is 1. The number of hydrogen-bond acceptors (Lipinski definition) is 6. The third kappa shape index (κ3) is 6.55. The highest BCUT2D eigenvalue weighted by atomic mass is 32.5. The molecule has 2 aliphatic rings. The second kappa shape index (κ2) is 9.71. The van der Waals surface area contributed by atoms with Gasteiger partial charge in [0, 0.05) is 19.3 Å². The predicted octanol–water partition coefficient (Wildman–Crippen LogP) is 7.16. The minimum atomic E-state index is -10.1. The summed E-state index contributed by atoms with van der Waals surface area (Å²) in [5, 5.41) is 6.73. The zero-order chi connectivity index (χ0) is 30.6. The van der Waals surface area contributed by atoms with Gasteiger partial charge in [-0.25, -0.2) is 9.99 Å². The quantitative estimate of drug-likeness (QED) is 0.298. The number of imidazole rings is 1. The SMILES string of the molecule is COc1cc(/C=C2\CCCN3C2NCC(C)(C)C(=O)N3c2ccc(OS(F)(F)(F)(F)F)cc2)ccc1-n1cnc(C)c1. The summed E-state index contributed by atoms with van der Waals surface area (Å²) in [6, 6.07) is 9.73. The van der Waals surface area contributed by atoms with E-state index in [1.54, 1.807) is 27.3 Å². The van der Waals surface area contributed by atoms with E-state index in [2.05, 4.69) is 14.5 Å². The highest BCUT2D eigenvalue weighted by Gasteiger charge is 2.67. The molecule has 5 rings (SSSR count). The van der Waals surface area contributed by atoms with Crippen molar-refractivity contribution in [2.75, 3.05) is 25.2 Å². The Balaban J connectivity index is 1.48. The van der Waals surface area contributed by atoms with Crippen LogP contribution < -0.4 is 19.2 Å². The van der Waals surface area contributed by atoms with E-state index in [9.17, 15) is 24.2 Å². The number of methoxy groups -OCH3 is 1. The maximum absolute atomic E-state index is 13.7. The Morgan fingerprint density at radius 1 is 1.10 bits per heavy atom. The summed E-state index contributed by atoms with van der Waals surface area (Å²) in [5.41, 5.74) is 2.92. The Kier molecular flexibility index (Phi) is 6.90. The molecule has 1 N–H and O–H groups in total. The molecule has 2 aliphatic heterocycles. The first-order valence-electron chi connectivity index (χ1n) is 13.2. The summed E-state index contributed by atoms with van der Waals surface area (Å²) in [5.74, 6) is -0.701. The van der Waals surface area contributed by atoms with Crippen molar-refractivity contribution >= 4 is 28.2 Å². The molecule has 42 heavy (non-hydrogen) atoms. The van der Waals surface area contributed by atoms with Crippen molar-refractivity contribution in [2.24, 2.45) is 5.41 Å². The fourth-order valence-electron chi connectivity index (χ4n) is 5.19. The molecule has 228 valence electrons. The maximum Gasteiger partial charge on any atom is 0.435 e. The van der Waals surface area contributed by atoms with E-state index in [1.807, 2.05) is 47.0 Å². The molecule has 1 atom stereocenters. The molecule has 14 heteroatoms. The van der Waals surface area contributed by atoms with E-state index in [0.717, 1.165) is 41.1 Å². The molecule has 1 unspecified atom stereocenters. The fraction of sp³-hybridized carbons (Fsp3) is 0.357. The van der Waals surface area contributed by atoms with Crippen molar-refractivity contribution in [3.8, 4) is 17.2 Å². The van der Waals surface area contributed by atoms with E-state index in [4.69, 9.17) is 4.74 Å². The van der Waals surface area contributed by atoms with Crippen LogP contribution in [0.2, 0.25) is 0 Å². The number of aryl methyl sites for hydroxylation is 1. The number of benzene rings is 2. The fourth-order valence-corrected chi connectivity index (χ4v) is 5.67. The van der Waals surface area contributed by atoms with Gasteiger partial charge in [-0.3, -0.25) is 10.1 Å². The van der Waals surface area contributed by atoms with Crippen molar-refractivity contribution < 1.29 is 33.1 Å². The number of fused-ring (bicyclic) bond motifs is 1. The Morgan fingerprint density at radius 3 is 2.43 bits per heavy atom. The van der Waals surface area contributed by atoms with Crippen LogP contribution in [0.3, 0.4) is 0 Å². The summed E-state index contributed by atoms with van der Waals surface area (Å²) in [7, 11) is -8.54. The van der Waals surface area contributed by atoms with Gasteiger partial charge in [-0.2, -0.15) is 5.01 Å². The number of carbonyl (C=O) groups excluding carboxylic acids is 1. The molecule has 0 saturated carbocycles. The molecule has 3 heterocycles. The van der Waals surface area contributed by atoms with Crippen LogP contribution in [0.4, 0.5) is 25.1 Å². The van der Waals surface area contributed by atoms with Crippen molar-refractivity contribution in [3.05, 3.63) is 71.8 Å². The molecular weight excluding hydrogens is 581 g/mol. The second-order valence-corrected chi connectivity index (χ2v) is 13.1. The summed E-state index contributed by atoms with van der Waals surface area (Å²) >= 11 is 0. The van der Waals surface area contributed by atoms with Gasteiger partial charge in [-0.05, 0) is 81.1 Å². The van der Waals surface area contributed by atoms with E-state index < -0.39 is 27.8 Å². The molecule has 2 saturated heterocycles. The monoisotopic (exact) mass is 613 g/mol. The highest BCUT2D eigenvalue weighted by molar-refractivity contribution is 8.42. The molecule has 0 radical (unpaired) electrons. The molecule has 2 fully saturated rings. The lowest BCUT2D eigenvalue weighted by molar-refractivity contribution is -0.128. The number of nitrogens with one attached hydrogen (secondary N) is 1. The average Bonchev–Trinajstić information content (AvgIpc) is 3.29. The van der Waals surface area contributed by atoms with E-state index in [-0.39, 0.29) is 11.6 Å². The lowest BCUT2D eigenvalue weighted by atomic mass is 9.92. The van der Waals surface area contributed by atoms with Crippen LogP contribution in [0.25, 0.3) is 11.8 Å². The number of halogens is 5. The molecule has 0 bridgehead atoms. The number of rotatable bonds is 6. The second-order valence-electron chi connectivity index (χ2n) is 11.1. The summed E-state index contributed by atoms with van der Waals surface area (Å²) in [6.45, 7) is 6.24. The van der Waals surface area contributed by atoms with Gasteiger partial charge >= 0.3 is 10.5 Å². The molecule has 3 aromatic rings. The standard InChI is InChI=1S/C28H32F5N5O3S/c1-19-16-36(18-35-19)24-12-7-20(15-25(24)40-4)14-21-6-5-13-37-26(21)34-17-28(2,3)27(39)38(37)22-8-10-23(11-9-22)41-42(29,30,31,32)33/h7-12,14-16,18,26,34H,5-6,13,17H2,1-4H3/b21-14+. The molecular formula is C28H32F5N5O3S. The first kappa shape index (κ1) is 29.9. The van der Waals surface area contributed by atoms with Gasteiger partial charge in [0.05, 0.1) is 35.9 Å². The number of hydrazine groups is 1. The van der Waals surface area contributed by atoms with Crippen LogP contribution >= 0.6 is 10.5 Å². The van der Waals surface area contributed by atoms with Gasteiger partial charge in [0.2, 0.25) is 5.91 Å². The smallest absolute Gasteiger partial charge is 0.435 e. The average molecular weight is 614 g/mol. The van der Waals surface area contributed by atoms with E-state index in [0.29, 0.717) is 25.3 Å². The van der Waals surface area contributed by atoms with Crippen molar-refractivity contribution in [2.45, 2.75) is 39.8 Å². The van der Waals surface area contributed by atoms with Gasteiger partial charge in [-0.15, -0.1) is 0 Å². The molecule has 0 spiro atoms. The number of aromatic nitrogens is 2. The number of carbonyl (C=O) groups is 1. The predicted molar refractivity (Wildman–Crippen MR) is 152 cm³/mol. The summed E-state index contributed by atoms with van der Waals surface area (Å²) in [6.07, 6.45) is 6.66. The van der Waals surface area contributed by atoms with Gasteiger partial charge in [0.1, 0.15) is 17.7 Å². The third-order valence-electron chi connectivity index (χ3n) is 7.15. The Hall–Kier alpha value is -3.62. The number of piperidine rings is 1. The topological polar surface area (TPSA) is 71.9 Å². The van der Waals surface area contributed by atoms with Crippen LogP contribution in [0.5, 0.6) is 11.5 Å². The first-order valence-corrected chi connectivity index (χ1v) is 15.1. The molecule has 0 aliphatic carbocycles. The Bertz CT molecular complexity index is 1540. The van der Waals surface area contributed by atoms with Crippen molar-refractivity contribution in [3.63, 3.8) is 0 Å². The summed E-state index contributed by atoms with van der Waals surface area (Å²) in [4.78, 5) is 18.0. The zero-order valence-corrected chi connectivity index (χ0v) is 24.3. The first-order chi connectivity index (χ1) is 19.4. The van der Waals surface area contributed by atoms with Crippen molar-refractivity contribution in [1.29, 1.82) is 0 Å². The number of ether oxygens (including phenoxy) is 1. The normalized spacial score (nSPS) is 22.2. The highest BCUT2D eigenvalue weighted by Crippen LogP contribution is 2.97. The van der Waals surface area contributed by atoms with Crippen LogP contribution in [-0.4, -0.2) is 46.8 Å². The number of anilines is 1. The molecule has 8 nitrogen and oxygen atoms in total. The lowest BCUT2D eigenvalue weighted by Gasteiger charge is -2.43. The minimum absolute atomic E-state index is 0.235. The lowest BCUT2D eigenvalue weighted by Crippen LogP contribution is -2.57. The summed E-state index contributed by atoms with van der Waals surface area (Å²) < 4.78 is 75.0. The maximum atomic E-state index is 13.7. The minimum Gasteiger partial charge on any atom is -0.495 e. The molecule has 2 aromatic carbocycles. The van der Waals surface area contributed by atoms with Gasteiger partial charge in [-0.1, -0.05) is 31.6 Å². The van der Waals surface area contributed by atoms with E-state index >= 15 is 0 Å². The molecule has 1 amide bonds. The van der Waals surface area contributed by atoms with Crippen LogP contribution in [-0.2, 0) is 4.79 Å². The van der Waals surface area contributed by atoms with Gasteiger partial charge in [0.25, 0.3) is 0 Å². The van der Waals surface area contributed by atoms with Crippen LogP contribution in [0.1, 0.15) is 37.9 Å². The largest absolute Gasteiger partial charge is 0.495 e. The Labute approximate surface area is 240 Å². The van der Waals surface area contributed by atoms with Gasteiger partial charge < -0.3 is 13.5 Å². The number of hydrogen-bond donors (Lipinski definition) is 1. The van der Waals surface area contributed by atoms with Crippen LogP contribution in [0.15, 0.2) is 60.6 Å². The van der Waals surface area contributed by atoms with Gasteiger partial charge in [0.15, 0.2) is 0 Å². The number of nitrogens with zero attached hydrogens (tertiary/aromatic N) is 4. The van der Waals surface area contributed by atoms with Crippen LogP contribution in [0, 0.1) is 12.3 Å².